The molecule has 0 aliphatic heterocycles. The first-order valence-electron chi connectivity index (χ1n) is 6.13. The summed E-state index contributed by atoms with van der Waals surface area (Å²) in [6.45, 7) is 5.25. The quantitative estimate of drug-likeness (QED) is 0.850. The second kappa shape index (κ2) is 4.80. The number of aromatic hydroxyl groups is 1. The lowest BCUT2D eigenvalue weighted by Crippen LogP contribution is -2.23. The Morgan fingerprint density at radius 2 is 2.18 bits per heavy atom. The van der Waals surface area contributed by atoms with E-state index in [1.165, 1.54) is 11.1 Å². The van der Waals surface area contributed by atoms with Crippen LogP contribution in [0.1, 0.15) is 19.4 Å². The third kappa shape index (κ3) is 2.29. The number of rotatable bonds is 4. The first-order valence-corrected chi connectivity index (χ1v) is 6.13. The minimum Gasteiger partial charge on any atom is -0.508 e. The molecule has 0 spiro atoms. The molecule has 1 unspecified atom stereocenters. The third-order valence-electron chi connectivity index (χ3n) is 3.31. The van der Waals surface area contributed by atoms with Gasteiger partial charge in [0.15, 0.2) is 0 Å². The molecule has 1 heterocycles. The summed E-state index contributed by atoms with van der Waals surface area (Å²) in [5.74, 6) is 0.338. The maximum absolute atomic E-state index is 9.60. The van der Waals surface area contributed by atoms with E-state index in [1.807, 2.05) is 19.2 Å². The number of aromatic nitrogens is 1. The lowest BCUT2D eigenvalue weighted by Gasteiger charge is -2.08. The van der Waals surface area contributed by atoms with Gasteiger partial charge in [-0.3, -0.25) is 0 Å². The number of aryl methyl sites for hydroxylation is 1. The zero-order valence-corrected chi connectivity index (χ0v) is 10.7. The van der Waals surface area contributed by atoms with Crippen LogP contribution in [0.3, 0.4) is 0 Å². The summed E-state index contributed by atoms with van der Waals surface area (Å²) in [5, 5.41) is 14.0. The molecular weight excluding hydrogens is 212 g/mol. The van der Waals surface area contributed by atoms with E-state index in [0.717, 1.165) is 18.4 Å². The Morgan fingerprint density at radius 3 is 2.82 bits per heavy atom. The van der Waals surface area contributed by atoms with Crippen LogP contribution >= 0.6 is 0 Å². The number of phenolic OH excluding ortho intramolecular Hbond substituents is 1. The number of benzene rings is 1. The molecule has 92 valence electrons. The Kier molecular flexibility index (Phi) is 3.38. The van der Waals surface area contributed by atoms with Crippen molar-refractivity contribution in [2.75, 3.05) is 7.05 Å². The van der Waals surface area contributed by atoms with Crippen molar-refractivity contribution in [3.63, 3.8) is 0 Å². The van der Waals surface area contributed by atoms with Crippen molar-refractivity contribution >= 4 is 10.9 Å². The summed E-state index contributed by atoms with van der Waals surface area (Å²) in [6.07, 6.45) is 3.17. The minimum absolute atomic E-state index is 0.338. The van der Waals surface area contributed by atoms with Gasteiger partial charge in [-0.2, -0.15) is 0 Å². The topological polar surface area (TPSA) is 37.2 Å². The van der Waals surface area contributed by atoms with Crippen LogP contribution in [-0.2, 0) is 13.0 Å². The van der Waals surface area contributed by atoms with Crippen LogP contribution in [0, 0.1) is 0 Å². The van der Waals surface area contributed by atoms with Gasteiger partial charge >= 0.3 is 0 Å². The first kappa shape index (κ1) is 12.0. The maximum atomic E-state index is 9.60. The molecular formula is C14H20N2O. The van der Waals surface area contributed by atoms with Crippen molar-refractivity contribution in [2.45, 2.75) is 32.9 Å². The Hall–Kier alpha value is -1.48. The molecule has 0 saturated heterocycles. The number of likely N-dealkylation sites (N-methyl/N-ethyl adjacent to an activating group) is 1. The lowest BCUT2D eigenvalue weighted by atomic mass is 10.1. The second-order valence-electron chi connectivity index (χ2n) is 4.54. The van der Waals surface area contributed by atoms with Crippen LogP contribution in [0.4, 0.5) is 0 Å². The molecule has 0 aliphatic carbocycles. The normalized spacial score (nSPS) is 13.1. The molecule has 1 atom stereocenters. The molecule has 17 heavy (non-hydrogen) atoms. The molecule has 0 fully saturated rings. The summed E-state index contributed by atoms with van der Waals surface area (Å²) in [7, 11) is 1.97. The van der Waals surface area contributed by atoms with Gasteiger partial charge in [-0.25, -0.2) is 0 Å². The van der Waals surface area contributed by atoms with Gasteiger partial charge in [-0.1, -0.05) is 0 Å². The maximum Gasteiger partial charge on any atom is 0.116 e. The molecule has 2 rings (SSSR count). The van der Waals surface area contributed by atoms with Crippen molar-refractivity contribution in [1.82, 2.24) is 9.88 Å². The lowest BCUT2D eigenvalue weighted by molar-refractivity contribution is 0.476. The highest BCUT2D eigenvalue weighted by Crippen LogP contribution is 2.26. The van der Waals surface area contributed by atoms with Crippen molar-refractivity contribution in [3.8, 4) is 5.75 Å². The van der Waals surface area contributed by atoms with E-state index in [0.29, 0.717) is 11.8 Å². The molecule has 2 N–H and O–H groups in total. The van der Waals surface area contributed by atoms with Crippen molar-refractivity contribution in [3.05, 3.63) is 30.0 Å². The third-order valence-corrected chi connectivity index (χ3v) is 3.31. The van der Waals surface area contributed by atoms with Crippen molar-refractivity contribution in [1.29, 1.82) is 0 Å². The number of phenols is 1. The molecule has 0 radical (unpaired) electrons. The number of nitrogens with one attached hydrogen (secondary N) is 1. The van der Waals surface area contributed by atoms with Gasteiger partial charge in [0.25, 0.3) is 0 Å². The fourth-order valence-corrected chi connectivity index (χ4v) is 2.22. The molecule has 3 nitrogen and oxygen atoms in total. The summed E-state index contributed by atoms with van der Waals surface area (Å²) < 4.78 is 2.23. The largest absolute Gasteiger partial charge is 0.508 e. The second-order valence-corrected chi connectivity index (χ2v) is 4.54. The van der Waals surface area contributed by atoms with E-state index >= 15 is 0 Å². The molecule has 1 aromatic carbocycles. The molecule has 1 aromatic heterocycles. The van der Waals surface area contributed by atoms with Gasteiger partial charge in [-0.05, 0) is 51.1 Å². The number of hydrogen-bond donors (Lipinski definition) is 2. The van der Waals surface area contributed by atoms with Gasteiger partial charge in [0.2, 0.25) is 0 Å². The van der Waals surface area contributed by atoms with Gasteiger partial charge in [-0.15, -0.1) is 0 Å². The Balaban J connectivity index is 2.50. The molecule has 3 heteroatoms. The molecule has 0 aliphatic rings. The van der Waals surface area contributed by atoms with Crippen molar-refractivity contribution in [2.24, 2.45) is 0 Å². The predicted molar refractivity (Wildman–Crippen MR) is 71.5 cm³/mol. The van der Waals surface area contributed by atoms with Crippen LogP contribution < -0.4 is 5.32 Å². The standard InChI is InChI=1S/C14H20N2O/c1-4-16-9-11(7-10(2)15-3)13-8-12(17)5-6-14(13)16/h5-6,8-10,15,17H,4,7H2,1-3H3. The van der Waals surface area contributed by atoms with E-state index in [1.54, 1.807) is 6.07 Å². The SMILES string of the molecule is CCn1cc(CC(C)NC)c2cc(O)ccc21. The number of fused-ring (bicyclic) bond motifs is 1. The van der Waals surface area contributed by atoms with E-state index in [4.69, 9.17) is 0 Å². The monoisotopic (exact) mass is 232 g/mol. The van der Waals surface area contributed by atoms with E-state index in [2.05, 4.69) is 29.9 Å². The van der Waals surface area contributed by atoms with E-state index < -0.39 is 0 Å². The van der Waals surface area contributed by atoms with Gasteiger partial charge in [0.1, 0.15) is 5.75 Å². The first-order chi connectivity index (χ1) is 8.15. The van der Waals surface area contributed by atoms with E-state index in [9.17, 15) is 5.11 Å². The molecule has 0 bridgehead atoms. The minimum atomic E-state index is 0.338. The highest BCUT2D eigenvalue weighted by Gasteiger charge is 2.10. The Morgan fingerprint density at radius 1 is 1.41 bits per heavy atom. The van der Waals surface area contributed by atoms with Crippen LogP contribution in [0.25, 0.3) is 10.9 Å². The highest BCUT2D eigenvalue weighted by atomic mass is 16.3. The predicted octanol–water partition coefficient (Wildman–Crippen LogP) is 2.52. The smallest absolute Gasteiger partial charge is 0.116 e. The highest BCUT2D eigenvalue weighted by molar-refractivity contribution is 5.85. The zero-order chi connectivity index (χ0) is 12.4. The number of hydrogen-bond acceptors (Lipinski definition) is 2. The summed E-state index contributed by atoms with van der Waals surface area (Å²) in [6, 6.07) is 6.04. The van der Waals surface area contributed by atoms with Crippen LogP contribution in [0.5, 0.6) is 5.75 Å². The summed E-state index contributed by atoms with van der Waals surface area (Å²) in [4.78, 5) is 0. The van der Waals surface area contributed by atoms with Gasteiger partial charge < -0.3 is 15.0 Å². The average molecular weight is 232 g/mol. The van der Waals surface area contributed by atoms with Crippen molar-refractivity contribution < 1.29 is 5.11 Å². The zero-order valence-electron chi connectivity index (χ0n) is 10.7. The average Bonchev–Trinajstić information content (AvgIpc) is 2.66. The van der Waals surface area contributed by atoms with Crippen LogP contribution in [0.15, 0.2) is 24.4 Å². The van der Waals surface area contributed by atoms with Crippen LogP contribution in [-0.4, -0.2) is 22.8 Å². The van der Waals surface area contributed by atoms with Crippen LogP contribution in [0.2, 0.25) is 0 Å². The van der Waals surface area contributed by atoms with E-state index in [-0.39, 0.29) is 0 Å². The fourth-order valence-electron chi connectivity index (χ4n) is 2.22. The fraction of sp³-hybridized carbons (Fsp3) is 0.429. The molecule has 0 amide bonds. The molecule has 0 saturated carbocycles. The van der Waals surface area contributed by atoms with Gasteiger partial charge in [0, 0.05) is 29.7 Å². The number of nitrogens with zero attached hydrogens (tertiary/aromatic N) is 1. The Bertz CT molecular complexity index is 516. The van der Waals surface area contributed by atoms with Gasteiger partial charge in [0.05, 0.1) is 0 Å². The Labute approximate surface area is 102 Å². The summed E-state index contributed by atoms with van der Waals surface area (Å²) in [5.41, 5.74) is 2.49. The summed E-state index contributed by atoms with van der Waals surface area (Å²) >= 11 is 0. The molecule has 2 aromatic rings.